The van der Waals surface area contributed by atoms with E-state index in [1.807, 2.05) is 48.3 Å². The molecule has 2 aromatic rings. The molecular weight excluding hydrogens is 480 g/mol. The van der Waals surface area contributed by atoms with Gasteiger partial charge in [0.2, 0.25) is 11.8 Å². The van der Waals surface area contributed by atoms with Crippen molar-refractivity contribution >= 4 is 11.8 Å². The first-order chi connectivity index (χ1) is 18.7. The molecule has 3 unspecified atom stereocenters. The molecule has 1 heterocycles. The zero-order chi connectivity index (χ0) is 27.4. The van der Waals surface area contributed by atoms with E-state index in [9.17, 15) is 9.59 Å². The SMILES string of the molecule is CC1CC2N(C)C(=O)C(C(=O)NCC(c3ccccc3)c3ccccc3)C[C@]2(C)[C@@H]2CC[C@]3(C)CCC[C@H]3[C@H]12. The van der Waals surface area contributed by atoms with Gasteiger partial charge in [0.05, 0.1) is 0 Å². The monoisotopic (exact) mass is 526 g/mol. The molecule has 6 rings (SSSR count). The molecule has 1 N–H and O–H groups in total. The van der Waals surface area contributed by atoms with Crippen LogP contribution in [0.15, 0.2) is 60.7 Å². The first-order valence-corrected chi connectivity index (χ1v) is 15.4. The van der Waals surface area contributed by atoms with Crippen LogP contribution in [0.1, 0.15) is 82.8 Å². The van der Waals surface area contributed by atoms with E-state index in [1.165, 1.54) is 43.2 Å². The number of piperidine rings is 1. The lowest BCUT2D eigenvalue weighted by molar-refractivity contribution is -0.176. The van der Waals surface area contributed by atoms with E-state index in [2.05, 4.69) is 50.4 Å². The fourth-order valence-corrected chi connectivity index (χ4v) is 9.92. The van der Waals surface area contributed by atoms with Crippen molar-refractivity contribution in [3.05, 3.63) is 71.8 Å². The number of nitrogens with one attached hydrogen (secondary N) is 1. The van der Waals surface area contributed by atoms with Crippen molar-refractivity contribution in [2.75, 3.05) is 13.6 Å². The number of carbonyl (C=O) groups excluding carboxylic acids is 2. The van der Waals surface area contributed by atoms with E-state index < -0.39 is 5.92 Å². The molecule has 0 bridgehead atoms. The van der Waals surface area contributed by atoms with Gasteiger partial charge in [0.1, 0.15) is 5.92 Å². The number of hydrogen-bond acceptors (Lipinski definition) is 2. The maximum atomic E-state index is 13.8. The maximum Gasteiger partial charge on any atom is 0.235 e. The van der Waals surface area contributed by atoms with Crippen molar-refractivity contribution in [2.45, 2.75) is 77.7 Å². The Hall–Kier alpha value is -2.62. The third-order valence-electron chi connectivity index (χ3n) is 11.9. The van der Waals surface area contributed by atoms with Crippen molar-refractivity contribution in [3.63, 3.8) is 0 Å². The van der Waals surface area contributed by atoms with Gasteiger partial charge in [-0.1, -0.05) is 87.9 Å². The summed E-state index contributed by atoms with van der Waals surface area (Å²) in [5.41, 5.74) is 2.84. The van der Waals surface area contributed by atoms with Gasteiger partial charge in [-0.05, 0) is 84.2 Å². The Labute approximate surface area is 234 Å². The first-order valence-electron chi connectivity index (χ1n) is 15.4. The van der Waals surface area contributed by atoms with Gasteiger partial charge in [0.25, 0.3) is 0 Å². The van der Waals surface area contributed by atoms with E-state index in [4.69, 9.17) is 0 Å². The molecule has 0 radical (unpaired) electrons. The standard InChI is InChI=1S/C35H46N2O2/c1-23-20-30-35(3,29-17-19-34(2)18-11-16-28(34)31(23)29)21-26(33(39)37(30)4)32(38)36-22-27(24-12-7-5-8-13-24)25-14-9-6-10-15-25/h5-10,12-15,23,26-31H,11,16-22H2,1-4H3,(H,36,38)/t23?,26?,28-,29+,30?,31-,34-,35+/m0/s1. The zero-order valence-electron chi connectivity index (χ0n) is 24.2. The molecule has 0 aromatic heterocycles. The predicted octanol–water partition coefficient (Wildman–Crippen LogP) is 6.66. The zero-order valence-corrected chi connectivity index (χ0v) is 24.2. The minimum Gasteiger partial charge on any atom is -0.354 e. The van der Waals surface area contributed by atoms with Gasteiger partial charge in [-0.3, -0.25) is 9.59 Å². The van der Waals surface area contributed by atoms with Crippen molar-refractivity contribution in [3.8, 4) is 0 Å². The molecule has 8 atom stereocenters. The summed E-state index contributed by atoms with van der Waals surface area (Å²) in [4.78, 5) is 29.5. The Morgan fingerprint density at radius 3 is 2.26 bits per heavy atom. The topological polar surface area (TPSA) is 49.4 Å². The summed E-state index contributed by atoms with van der Waals surface area (Å²) < 4.78 is 0. The van der Waals surface area contributed by atoms with E-state index in [-0.39, 0.29) is 29.2 Å². The van der Waals surface area contributed by atoms with Gasteiger partial charge in [-0.15, -0.1) is 0 Å². The average molecular weight is 527 g/mol. The highest BCUT2D eigenvalue weighted by Gasteiger charge is 2.62. The van der Waals surface area contributed by atoms with Crippen molar-refractivity contribution in [1.29, 1.82) is 0 Å². The Kier molecular flexibility index (Phi) is 6.88. The van der Waals surface area contributed by atoms with Crippen LogP contribution in [0.2, 0.25) is 0 Å². The molecule has 0 spiro atoms. The van der Waals surface area contributed by atoms with Gasteiger partial charge in [0, 0.05) is 25.6 Å². The molecule has 39 heavy (non-hydrogen) atoms. The van der Waals surface area contributed by atoms with Gasteiger partial charge < -0.3 is 10.2 Å². The summed E-state index contributed by atoms with van der Waals surface area (Å²) in [6, 6.07) is 21.0. The van der Waals surface area contributed by atoms with E-state index in [1.54, 1.807) is 0 Å². The second-order valence-corrected chi connectivity index (χ2v) is 13.9. The van der Waals surface area contributed by atoms with Crippen LogP contribution in [0.3, 0.4) is 0 Å². The highest BCUT2D eigenvalue weighted by atomic mass is 16.2. The molecule has 208 valence electrons. The van der Waals surface area contributed by atoms with Crippen LogP contribution in [0, 0.1) is 40.4 Å². The lowest BCUT2D eigenvalue weighted by Crippen LogP contribution is -2.66. The lowest BCUT2D eigenvalue weighted by Gasteiger charge is -2.64. The molecule has 4 aliphatic rings. The summed E-state index contributed by atoms with van der Waals surface area (Å²) in [7, 11) is 1.97. The van der Waals surface area contributed by atoms with Crippen LogP contribution in [-0.2, 0) is 9.59 Å². The molecule has 3 saturated carbocycles. The Morgan fingerprint density at radius 2 is 1.62 bits per heavy atom. The summed E-state index contributed by atoms with van der Waals surface area (Å²) in [6.07, 6.45) is 8.41. The highest BCUT2D eigenvalue weighted by molar-refractivity contribution is 6.01. The smallest absolute Gasteiger partial charge is 0.235 e. The van der Waals surface area contributed by atoms with Crippen molar-refractivity contribution in [1.82, 2.24) is 10.2 Å². The molecule has 4 heteroatoms. The number of benzene rings is 2. The molecule has 1 aliphatic heterocycles. The molecule has 2 aromatic carbocycles. The predicted molar refractivity (Wildman–Crippen MR) is 156 cm³/mol. The second kappa shape index (κ2) is 10.1. The van der Waals surface area contributed by atoms with Crippen LogP contribution < -0.4 is 5.32 Å². The van der Waals surface area contributed by atoms with Crippen LogP contribution in [0.25, 0.3) is 0 Å². The normalized spacial score (nSPS) is 37.7. The van der Waals surface area contributed by atoms with Crippen LogP contribution in [-0.4, -0.2) is 36.3 Å². The number of amides is 2. The average Bonchev–Trinajstić information content (AvgIpc) is 3.35. The third-order valence-corrected chi connectivity index (χ3v) is 11.9. The Morgan fingerprint density at radius 1 is 0.974 bits per heavy atom. The fourth-order valence-electron chi connectivity index (χ4n) is 9.92. The summed E-state index contributed by atoms with van der Waals surface area (Å²) in [6.45, 7) is 7.92. The minimum atomic E-state index is -0.602. The van der Waals surface area contributed by atoms with Gasteiger partial charge in [-0.2, -0.15) is 0 Å². The molecular formula is C35H46N2O2. The molecule has 4 nitrogen and oxygen atoms in total. The molecule has 3 aliphatic carbocycles. The number of carbonyl (C=O) groups is 2. The summed E-state index contributed by atoms with van der Waals surface area (Å²) >= 11 is 0. The first kappa shape index (κ1) is 26.6. The largest absolute Gasteiger partial charge is 0.354 e. The van der Waals surface area contributed by atoms with Gasteiger partial charge in [-0.25, -0.2) is 0 Å². The van der Waals surface area contributed by atoms with E-state index >= 15 is 0 Å². The van der Waals surface area contributed by atoms with Gasteiger partial charge in [0.15, 0.2) is 0 Å². The van der Waals surface area contributed by atoms with E-state index in [0.29, 0.717) is 30.2 Å². The quantitative estimate of drug-likeness (QED) is 0.443. The molecule has 1 saturated heterocycles. The highest BCUT2D eigenvalue weighted by Crippen LogP contribution is 2.66. The number of hydrogen-bond donors (Lipinski definition) is 1. The number of likely N-dealkylation sites (tertiary alicyclic amines) is 1. The maximum absolute atomic E-state index is 13.8. The van der Waals surface area contributed by atoms with Crippen LogP contribution in [0.5, 0.6) is 0 Å². The fraction of sp³-hybridized carbons (Fsp3) is 0.600. The lowest BCUT2D eigenvalue weighted by atomic mass is 9.44. The number of rotatable bonds is 5. The second-order valence-electron chi connectivity index (χ2n) is 13.9. The van der Waals surface area contributed by atoms with Gasteiger partial charge >= 0.3 is 0 Å². The van der Waals surface area contributed by atoms with Crippen molar-refractivity contribution < 1.29 is 9.59 Å². The minimum absolute atomic E-state index is 0.00990. The van der Waals surface area contributed by atoms with E-state index in [0.717, 1.165) is 18.3 Å². The summed E-state index contributed by atoms with van der Waals surface area (Å²) in [5, 5.41) is 3.25. The number of nitrogens with zero attached hydrogens (tertiary/aromatic N) is 1. The molecule has 4 fully saturated rings. The van der Waals surface area contributed by atoms with Crippen LogP contribution in [0.4, 0.5) is 0 Å². The number of fused-ring (bicyclic) bond motifs is 5. The Balaban J connectivity index is 1.24. The molecule has 2 amide bonds. The third kappa shape index (κ3) is 4.43. The Bertz CT molecular complexity index is 1160. The van der Waals surface area contributed by atoms with Crippen molar-refractivity contribution in [2.24, 2.45) is 40.4 Å². The summed E-state index contributed by atoms with van der Waals surface area (Å²) in [5.74, 6) is 2.11. The van der Waals surface area contributed by atoms with Crippen LogP contribution >= 0.6 is 0 Å².